The smallest absolute Gasteiger partial charge is 0.220 e. The summed E-state index contributed by atoms with van der Waals surface area (Å²) >= 11 is 0. The number of hydrogen-bond acceptors (Lipinski definition) is 2. The molecule has 2 saturated carbocycles. The van der Waals surface area contributed by atoms with E-state index in [1.54, 1.807) is 0 Å². The zero-order chi connectivity index (χ0) is 13.3. The van der Waals surface area contributed by atoms with Crippen LogP contribution in [0.15, 0.2) is 0 Å². The number of rotatable bonds is 6. The van der Waals surface area contributed by atoms with Gasteiger partial charge in [0.2, 0.25) is 5.91 Å². The van der Waals surface area contributed by atoms with Gasteiger partial charge in [-0.05, 0) is 31.6 Å². The molecule has 2 N–H and O–H groups in total. The summed E-state index contributed by atoms with van der Waals surface area (Å²) in [6.07, 6.45) is 14.1. The Morgan fingerprint density at radius 1 is 0.850 bits per heavy atom. The third-order valence-electron chi connectivity index (χ3n) is 4.68. The molecular formula is C16H31ClN2O. The van der Waals surface area contributed by atoms with Gasteiger partial charge in [0.05, 0.1) is 0 Å². The van der Waals surface area contributed by atoms with Crippen molar-refractivity contribution in [1.82, 2.24) is 10.6 Å². The fourth-order valence-corrected chi connectivity index (χ4v) is 3.51. The van der Waals surface area contributed by atoms with Crippen molar-refractivity contribution < 1.29 is 4.79 Å². The zero-order valence-electron chi connectivity index (χ0n) is 12.7. The molecular weight excluding hydrogens is 272 g/mol. The maximum absolute atomic E-state index is 11.8. The summed E-state index contributed by atoms with van der Waals surface area (Å²) in [7, 11) is 0. The number of halogens is 1. The maximum Gasteiger partial charge on any atom is 0.220 e. The SMILES string of the molecule is Cl.O=C(CC1CCCC1)NCCNC1CCCCCC1. The first-order valence-electron chi connectivity index (χ1n) is 8.34. The van der Waals surface area contributed by atoms with Crippen molar-refractivity contribution in [3.8, 4) is 0 Å². The molecule has 0 unspecified atom stereocenters. The van der Waals surface area contributed by atoms with Crippen LogP contribution in [0.5, 0.6) is 0 Å². The standard InChI is InChI=1S/C16H30N2O.ClH/c19-16(13-14-7-5-6-8-14)18-12-11-17-15-9-3-1-2-4-10-15;/h14-15,17H,1-13H2,(H,18,19);1H. The predicted molar refractivity (Wildman–Crippen MR) is 86.3 cm³/mol. The fourth-order valence-electron chi connectivity index (χ4n) is 3.51. The second kappa shape index (κ2) is 10.4. The third-order valence-corrected chi connectivity index (χ3v) is 4.68. The summed E-state index contributed by atoms with van der Waals surface area (Å²) in [6, 6.07) is 0.689. The number of nitrogens with one attached hydrogen (secondary N) is 2. The van der Waals surface area contributed by atoms with Crippen LogP contribution in [-0.4, -0.2) is 25.0 Å². The van der Waals surface area contributed by atoms with Crippen molar-refractivity contribution in [2.75, 3.05) is 13.1 Å². The van der Waals surface area contributed by atoms with Crippen LogP contribution in [0.2, 0.25) is 0 Å². The molecule has 0 atom stereocenters. The highest BCUT2D eigenvalue weighted by atomic mass is 35.5. The third kappa shape index (κ3) is 6.94. The summed E-state index contributed by atoms with van der Waals surface area (Å²) < 4.78 is 0. The van der Waals surface area contributed by atoms with E-state index in [4.69, 9.17) is 0 Å². The largest absolute Gasteiger partial charge is 0.355 e. The molecule has 0 aromatic carbocycles. The minimum absolute atomic E-state index is 0. The normalized spacial score (nSPS) is 21.2. The zero-order valence-corrected chi connectivity index (χ0v) is 13.5. The first-order chi connectivity index (χ1) is 9.34. The van der Waals surface area contributed by atoms with Crippen molar-refractivity contribution in [3.63, 3.8) is 0 Å². The van der Waals surface area contributed by atoms with Gasteiger partial charge in [0, 0.05) is 25.6 Å². The van der Waals surface area contributed by atoms with Gasteiger partial charge in [-0.25, -0.2) is 0 Å². The van der Waals surface area contributed by atoms with Crippen molar-refractivity contribution in [2.24, 2.45) is 5.92 Å². The van der Waals surface area contributed by atoms with Gasteiger partial charge >= 0.3 is 0 Å². The maximum atomic E-state index is 11.8. The second-order valence-corrected chi connectivity index (χ2v) is 6.35. The minimum Gasteiger partial charge on any atom is -0.355 e. The monoisotopic (exact) mass is 302 g/mol. The lowest BCUT2D eigenvalue weighted by atomic mass is 10.0. The molecule has 0 radical (unpaired) electrons. The Labute approximate surface area is 130 Å². The van der Waals surface area contributed by atoms with Gasteiger partial charge in [-0.2, -0.15) is 0 Å². The molecule has 2 fully saturated rings. The molecule has 4 heteroatoms. The average Bonchev–Trinajstić information content (AvgIpc) is 2.76. The average molecular weight is 303 g/mol. The summed E-state index contributed by atoms with van der Waals surface area (Å²) in [4.78, 5) is 11.8. The fraction of sp³-hybridized carbons (Fsp3) is 0.938. The molecule has 2 aliphatic carbocycles. The Morgan fingerprint density at radius 3 is 2.10 bits per heavy atom. The Hall–Kier alpha value is -0.280. The highest BCUT2D eigenvalue weighted by Gasteiger charge is 2.18. The highest BCUT2D eigenvalue weighted by molar-refractivity contribution is 5.85. The Morgan fingerprint density at radius 2 is 1.45 bits per heavy atom. The van der Waals surface area contributed by atoms with E-state index in [-0.39, 0.29) is 18.3 Å². The number of hydrogen-bond donors (Lipinski definition) is 2. The van der Waals surface area contributed by atoms with Crippen LogP contribution in [0.3, 0.4) is 0 Å². The van der Waals surface area contributed by atoms with Gasteiger partial charge in [0.1, 0.15) is 0 Å². The molecule has 2 rings (SSSR count). The van der Waals surface area contributed by atoms with Crippen molar-refractivity contribution in [1.29, 1.82) is 0 Å². The lowest BCUT2D eigenvalue weighted by Crippen LogP contribution is -2.37. The van der Waals surface area contributed by atoms with Crippen LogP contribution in [-0.2, 0) is 4.79 Å². The molecule has 0 aromatic rings. The van der Waals surface area contributed by atoms with Crippen molar-refractivity contribution in [2.45, 2.75) is 76.7 Å². The lowest BCUT2D eigenvalue weighted by Gasteiger charge is -2.16. The second-order valence-electron chi connectivity index (χ2n) is 6.35. The van der Waals surface area contributed by atoms with Gasteiger partial charge in [0.15, 0.2) is 0 Å². The van der Waals surface area contributed by atoms with E-state index >= 15 is 0 Å². The number of amides is 1. The van der Waals surface area contributed by atoms with Crippen LogP contribution in [0.1, 0.15) is 70.6 Å². The topological polar surface area (TPSA) is 41.1 Å². The van der Waals surface area contributed by atoms with Gasteiger partial charge in [-0.1, -0.05) is 38.5 Å². The number of carbonyl (C=O) groups excluding carboxylic acids is 1. The summed E-state index contributed by atoms with van der Waals surface area (Å²) in [5.74, 6) is 0.921. The van der Waals surface area contributed by atoms with Gasteiger partial charge in [-0.15, -0.1) is 12.4 Å². The summed E-state index contributed by atoms with van der Waals surface area (Å²) in [5.41, 5.74) is 0. The first-order valence-corrected chi connectivity index (χ1v) is 8.34. The van der Waals surface area contributed by atoms with Crippen LogP contribution in [0.25, 0.3) is 0 Å². The Balaban J connectivity index is 0.00000200. The molecule has 0 spiro atoms. The first kappa shape index (κ1) is 17.8. The predicted octanol–water partition coefficient (Wildman–Crippen LogP) is 3.42. The summed E-state index contributed by atoms with van der Waals surface area (Å²) in [5, 5.41) is 6.66. The van der Waals surface area contributed by atoms with E-state index in [1.807, 2.05) is 0 Å². The molecule has 0 aliphatic heterocycles. The summed E-state index contributed by atoms with van der Waals surface area (Å²) in [6.45, 7) is 1.73. The molecule has 0 aromatic heterocycles. The van der Waals surface area contributed by atoms with E-state index in [1.165, 1.54) is 64.2 Å². The molecule has 0 heterocycles. The van der Waals surface area contributed by atoms with Crippen molar-refractivity contribution >= 4 is 18.3 Å². The van der Waals surface area contributed by atoms with E-state index < -0.39 is 0 Å². The van der Waals surface area contributed by atoms with Gasteiger partial charge in [-0.3, -0.25) is 4.79 Å². The van der Waals surface area contributed by atoms with Crippen LogP contribution < -0.4 is 10.6 Å². The Bertz CT molecular complexity index is 259. The van der Waals surface area contributed by atoms with Gasteiger partial charge in [0.25, 0.3) is 0 Å². The van der Waals surface area contributed by atoms with Crippen LogP contribution in [0.4, 0.5) is 0 Å². The van der Waals surface area contributed by atoms with E-state index in [0.717, 1.165) is 19.5 Å². The van der Waals surface area contributed by atoms with Crippen LogP contribution >= 0.6 is 12.4 Å². The number of carbonyl (C=O) groups is 1. The Kier molecular flexibility index (Phi) is 9.28. The van der Waals surface area contributed by atoms with Crippen LogP contribution in [0, 0.1) is 5.92 Å². The van der Waals surface area contributed by atoms with E-state index in [0.29, 0.717) is 12.0 Å². The lowest BCUT2D eigenvalue weighted by molar-refractivity contribution is -0.121. The molecule has 0 bridgehead atoms. The molecule has 20 heavy (non-hydrogen) atoms. The molecule has 118 valence electrons. The van der Waals surface area contributed by atoms with E-state index in [2.05, 4.69) is 10.6 Å². The quantitative estimate of drug-likeness (QED) is 0.583. The minimum atomic E-state index is 0. The molecule has 0 saturated heterocycles. The van der Waals surface area contributed by atoms with E-state index in [9.17, 15) is 4.79 Å². The van der Waals surface area contributed by atoms with Gasteiger partial charge < -0.3 is 10.6 Å². The van der Waals surface area contributed by atoms with Crippen molar-refractivity contribution in [3.05, 3.63) is 0 Å². The molecule has 2 aliphatic rings. The highest BCUT2D eigenvalue weighted by Crippen LogP contribution is 2.27. The molecule has 3 nitrogen and oxygen atoms in total. The molecule has 1 amide bonds.